The van der Waals surface area contributed by atoms with Crippen molar-refractivity contribution >= 4 is 35.9 Å². The molecule has 8 heteroatoms. The molecule has 2 unspecified atom stereocenters. The standard InChI is InChI=1S/C22H28N4O4/c1-17(13-18-7-3-2-4-8-18)25-22(30)15-26(14-21(29)23-11-12-27)20-10-6-5-9-19(20)24-16-28/h2-7,9-10,12,16-18H,8,11,13-15H2,1H3,(H,23,29)(H,24,28)(H,25,30). The molecule has 3 N–H and O–H groups in total. The zero-order valence-corrected chi connectivity index (χ0v) is 17.0. The third kappa shape index (κ3) is 7.54. The third-order valence-corrected chi connectivity index (χ3v) is 4.64. The Kier molecular flexibility index (Phi) is 9.30. The normalized spacial score (nSPS) is 15.7. The smallest absolute Gasteiger partial charge is 0.239 e. The number of anilines is 2. The Hall–Kier alpha value is -3.42. The predicted octanol–water partition coefficient (Wildman–Crippen LogP) is 1.40. The quantitative estimate of drug-likeness (QED) is 0.450. The van der Waals surface area contributed by atoms with Gasteiger partial charge in [-0.1, -0.05) is 36.4 Å². The van der Waals surface area contributed by atoms with Gasteiger partial charge in [0.25, 0.3) is 0 Å². The first-order valence-corrected chi connectivity index (χ1v) is 9.90. The summed E-state index contributed by atoms with van der Waals surface area (Å²) in [5.74, 6) is -0.252. The number of hydrogen-bond acceptors (Lipinski definition) is 5. The molecule has 0 fully saturated rings. The molecule has 0 aliphatic heterocycles. The predicted molar refractivity (Wildman–Crippen MR) is 116 cm³/mol. The van der Waals surface area contributed by atoms with Gasteiger partial charge in [-0.3, -0.25) is 14.4 Å². The number of nitrogens with zero attached hydrogens (tertiary/aromatic N) is 1. The number of carbonyl (C=O) groups excluding carboxylic acids is 4. The van der Waals surface area contributed by atoms with E-state index in [1.807, 2.05) is 19.1 Å². The molecule has 3 amide bonds. The molecule has 0 spiro atoms. The molecule has 2 rings (SSSR count). The van der Waals surface area contributed by atoms with Crippen molar-refractivity contribution in [3.8, 4) is 0 Å². The van der Waals surface area contributed by atoms with Gasteiger partial charge in [-0.05, 0) is 37.8 Å². The fraction of sp³-hybridized carbons (Fsp3) is 0.364. The van der Waals surface area contributed by atoms with Crippen LogP contribution in [0.3, 0.4) is 0 Å². The Balaban J connectivity index is 2.06. The van der Waals surface area contributed by atoms with E-state index in [2.05, 4.69) is 28.1 Å². The summed E-state index contributed by atoms with van der Waals surface area (Å²) in [6.07, 6.45) is 11.2. The summed E-state index contributed by atoms with van der Waals surface area (Å²) in [6, 6.07) is 6.87. The molecule has 0 saturated carbocycles. The molecule has 0 heterocycles. The van der Waals surface area contributed by atoms with Crippen molar-refractivity contribution in [1.29, 1.82) is 0 Å². The highest BCUT2D eigenvalue weighted by atomic mass is 16.2. The van der Waals surface area contributed by atoms with Gasteiger partial charge in [0.05, 0.1) is 31.0 Å². The topological polar surface area (TPSA) is 108 Å². The Morgan fingerprint density at radius 3 is 2.63 bits per heavy atom. The molecule has 0 aromatic heterocycles. The largest absolute Gasteiger partial charge is 0.352 e. The highest BCUT2D eigenvalue weighted by Gasteiger charge is 2.20. The highest BCUT2D eigenvalue weighted by Crippen LogP contribution is 2.25. The average Bonchev–Trinajstić information content (AvgIpc) is 2.73. The van der Waals surface area contributed by atoms with Crippen LogP contribution in [0, 0.1) is 5.92 Å². The summed E-state index contributed by atoms with van der Waals surface area (Å²) in [5, 5.41) is 8.03. The van der Waals surface area contributed by atoms with Crippen molar-refractivity contribution in [2.24, 2.45) is 5.92 Å². The third-order valence-electron chi connectivity index (χ3n) is 4.64. The Morgan fingerprint density at radius 2 is 1.93 bits per heavy atom. The van der Waals surface area contributed by atoms with Crippen LogP contribution in [0.2, 0.25) is 0 Å². The van der Waals surface area contributed by atoms with Crippen molar-refractivity contribution in [3.63, 3.8) is 0 Å². The molecule has 2 atom stereocenters. The number of amides is 3. The minimum absolute atomic E-state index is 0.0345. The van der Waals surface area contributed by atoms with Crippen molar-refractivity contribution in [3.05, 3.63) is 48.6 Å². The van der Waals surface area contributed by atoms with Gasteiger partial charge in [-0.25, -0.2) is 0 Å². The zero-order valence-electron chi connectivity index (χ0n) is 17.0. The maximum absolute atomic E-state index is 12.7. The van der Waals surface area contributed by atoms with Gasteiger partial charge in [0.2, 0.25) is 18.2 Å². The van der Waals surface area contributed by atoms with Crippen molar-refractivity contribution in [2.75, 3.05) is 29.9 Å². The molecule has 1 aliphatic carbocycles. The second-order valence-corrected chi connectivity index (χ2v) is 7.12. The molecular formula is C22H28N4O4. The fourth-order valence-corrected chi connectivity index (χ4v) is 3.36. The van der Waals surface area contributed by atoms with E-state index in [0.717, 1.165) is 12.8 Å². The zero-order chi connectivity index (χ0) is 21.8. The van der Waals surface area contributed by atoms with E-state index in [4.69, 9.17) is 0 Å². The summed E-state index contributed by atoms with van der Waals surface area (Å²) >= 11 is 0. The molecule has 8 nitrogen and oxygen atoms in total. The molecule has 30 heavy (non-hydrogen) atoms. The van der Waals surface area contributed by atoms with Crippen LogP contribution in [0.1, 0.15) is 19.8 Å². The Morgan fingerprint density at radius 1 is 1.17 bits per heavy atom. The van der Waals surface area contributed by atoms with Crippen LogP contribution in [0.25, 0.3) is 0 Å². The van der Waals surface area contributed by atoms with Gasteiger partial charge in [0, 0.05) is 6.04 Å². The van der Waals surface area contributed by atoms with Gasteiger partial charge in [-0.15, -0.1) is 0 Å². The fourth-order valence-electron chi connectivity index (χ4n) is 3.36. The minimum Gasteiger partial charge on any atom is -0.352 e. The number of benzene rings is 1. The first-order chi connectivity index (χ1) is 14.5. The highest BCUT2D eigenvalue weighted by molar-refractivity contribution is 5.90. The Bertz CT molecular complexity index is 806. The first kappa shape index (κ1) is 22.9. The van der Waals surface area contributed by atoms with Crippen LogP contribution in [0.5, 0.6) is 0 Å². The molecule has 0 bridgehead atoms. The lowest BCUT2D eigenvalue weighted by molar-refractivity contribution is -0.122. The van der Waals surface area contributed by atoms with Crippen LogP contribution in [-0.4, -0.2) is 50.2 Å². The number of para-hydroxylation sites is 2. The van der Waals surface area contributed by atoms with Crippen LogP contribution in [0.15, 0.2) is 48.6 Å². The van der Waals surface area contributed by atoms with Crippen molar-refractivity contribution < 1.29 is 19.2 Å². The maximum Gasteiger partial charge on any atom is 0.239 e. The number of nitrogens with one attached hydrogen (secondary N) is 3. The molecule has 0 saturated heterocycles. The SMILES string of the molecule is CC(CC1C=CC=CC1)NC(=O)CN(CC(=O)NCC=O)c1ccccc1NC=O. The number of hydrogen-bond donors (Lipinski definition) is 3. The average molecular weight is 412 g/mol. The van der Waals surface area contributed by atoms with Crippen molar-refractivity contribution in [1.82, 2.24) is 10.6 Å². The van der Waals surface area contributed by atoms with E-state index in [1.54, 1.807) is 29.2 Å². The van der Waals surface area contributed by atoms with Crippen molar-refractivity contribution in [2.45, 2.75) is 25.8 Å². The number of carbonyl (C=O) groups is 4. The van der Waals surface area contributed by atoms with Crippen LogP contribution in [-0.2, 0) is 19.2 Å². The summed E-state index contributed by atoms with van der Waals surface area (Å²) in [5.41, 5.74) is 1.02. The molecular weight excluding hydrogens is 384 g/mol. The molecule has 160 valence electrons. The second-order valence-electron chi connectivity index (χ2n) is 7.12. The van der Waals surface area contributed by atoms with E-state index in [9.17, 15) is 19.2 Å². The molecule has 1 aromatic carbocycles. The van der Waals surface area contributed by atoms with E-state index < -0.39 is 5.91 Å². The molecule has 0 radical (unpaired) electrons. The summed E-state index contributed by atoms with van der Waals surface area (Å²) in [6.45, 7) is 1.64. The van der Waals surface area contributed by atoms with E-state index >= 15 is 0 Å². The first-order valence-electron chi connectivity index (χ1n) is 9.90. The van der Waals surface area contributed by atoms with Gasteiger partial charge in [0.1, 0.15) is 6.29 Å². The monoisotopic (exact) mass is 412 g/mol. The van der Waals surface area contributed by atoms with E-state index in [0.29, 0.717) is 30.0 Å². The lowest BCUT2D eigenvalue weighted by atomic mass is 9.94. The maximum atomic E-state index is 12.7. The number of aldehydes is 1. The molecule has 1 aromatic rings. The minimum atomic E-state index is -0.400. The summed E-state index contributed by atoms with van der Waals surface area (Å²) < 4.78 is 0. The lowest BCUT2D eigenvalue weighted by Crippen LogP contribution is -2.45. The van der Waals surface area contributed by atoms with Crippen LogP contribution >= 0.6 is 0 Å². The van der Waals surface area contributed by atoms with Crippen LogP contribution in [0.4, 0.5) is 11.4 Å². The van der Waals surface area contributed by atoms with Gasteiger partial charge >= 0.3 is 0 Å². The van der Waals surface area contributed by atoms with E-state index in [1.165, 1.54) is 0 Å². The van der Waals surface area contributed by atoms with Gasteiger partial charge in [-0.2, -0.15) is 0 Å². The number of rotatable bonds is 12. The van der Waals surface area contributed by atoms with E-state index in [-0.39, 0.29) is 31.6 Å². The molecule has 1 aliphatic rings. The second kappa shape index (κ2) is 12.2. The summed E-state index contributed by atoms with van der Waals surface area (Å²) in [4.78, 5) is 47.9. The Labute approximate surface area is 176 Å². The summed E-state index contributed by atoms with van der Waals surface area (Å²) in [7, 11) is 0. The van der Waals surface area contributed by atoms with Gasteiger partial charge < -0.3 is 25.6 Å². The van der Waals surface area contributed by atoms with Gasteiger partial charge in [0.15, 0.2) is 0 Å². The lowest BCUT2D eigenvalue weighted by Gasteiger charge is -2.27. The van der Waals surface area contributed by atoms with Crippen LogP contribution < -0.4 is 20.9 Å². The number of allylic oxidation sites excluding steroid dienone is 4.